The summed E-state index contributed by atoms with van der Waals surface area (Å²) in [4.78, 5) is 44.0. The van der Waals surface area contributed by atoms with Crippen molar-refractivity contribution in [1.82, 2.24) is 5.32 Å². The van der Waals surface area contributed by atoms with Crippen molar-refractivity contribution in [2.45, 2.75) is 71.6 Å². The molecule has 11 nitrogen and oxygen atoms in total. The molecule has 3 rings (SSSR count). The molecule has 1 aromatic rings. The summed E-state index contributed by atoms with van der Waals surface area (Å²) in [5, 5.41) is 18.1. The minimum Gasteiger partial charge on any atom is -0.439 e. The van der Waals surface area contributed by atoms with Crippen LogP contribution < -0.4 is 11.1 Å². The lowest BCUT2D eigenvalue weighted by atomic mass is 9.86. The number of amides is 2. The standard InChI is InChI=1S/C35H44FN3O8/c1-20-14-25-17-27(39-46-19-24-10-12-26(36)13-11-24)18-28(32(25)41)38-34(42)21(2)8-7-9-29(44-5)33(47-35(37)43)23(4)16-22(3)31(40)30(15-20)45-6/h7-13,16-18,20,22,29-31,33,40H,14-15,19H2,1-6H3,(H2,37,43)(H,38,42)/b9-7-,21-8+,23-16+,39-27-/t20-,22+,29+,30+,31-,33+/m1/s1. The highest BCUT2D eigenvalue weighted by atomic mass is 19.1. The molecule has 1 heterocycles. The highest BCUT2D eigenvalue weighted by Gasteiger charge is 2.31. The van der Waals surface area contributed by atoms with E-state index in [9.17, 15) is 23.9 Å². The molecule has 0 saturated carbocycles. The van der Waals surface area contributed by atoms with Gasteiger partial charge < -0.3 is 35.2 Å². The van der Waals surface area contributed by atoms with Crippen LogP contribution in [0.5, 0.6) is 0 Å². The minimum absolute atomic E-state index is 0.0138. The van der Waals surface area contributed by atoms with Crippen LogP contribution in [-0.4, -0.2) is 67.2 Å². The molecule has 254 valence electrons. The molecule has 47 heavy (non-hydrogen) atoms. The van der Waals surface area contributed by atoms with Gasteiger partial charge in [-0.25, -0.2) is 9.18 Å². The number of hydrogen-bond donors (Lipinski definition) is 3. The van der Waals surface area contributed by atoms with Gasteiger partial charge in [-0.3, -0.25) is 9.59 Å². The lowest BCUT2D eigenvalue weighted by Gasteiger charge is -2.29. The van der Waals surface area contributed by atoms with E-state index in [1.54, 1.807) is 50.3 Å². The van der Waals surface area contributed by atoms with E-state index in [-0.39, 0.29) is 35.4 Å². The van der Waals surface area contributed by atoms with Crippen LogP contribution in [0.15, 0.2) is 88.3 Å². The number of oxime groups is 1. The number of nitrogens with zero attached hydrogens (tertiary/aromatic N) is 1. The van der Waals surface area contributed by atoms with E-state index in [1.165, 1.54) is 38.5 Å². The third-order valence-electron chi connectivity index (χ3n) is 7.93. The Morgan fingerprint density at radius 1 is 1.11 bits per heavy atom. The van der Waals surface area contributed by atoms with E-state index in [2.05, 4.69) is 10.5 Å². The first-order valence-electron chi connectivity index (χ1n) is 15.3. The molecule has 0 radical (unpaired) electrons. The Bertz CT molecular complexity index is 1480. The van der Waals surface area contributed by atoms with Gasteiger partial charge in [-0.15, -0.1) is 0 Å². The van der Waals surface area contributed by atoms with Crippen LogP contribution in [0.2, 0.25) is 0 Å². The average Bonchev–Trinajstić information content (AvgIpc) is 3.02. The number of fused-ring (bicyclic) bond motifs is 2. The summed E-state index contributed by atoms with van der Waals surface area (Å²) in [5.41, 5.74) is 7.64. The van der Waals surface area contributed by atoms with E-state index in [0.29, 0.717) is 35.3 Å². The number of nitrogens with two attached hydrogens (primary N) is 1. The van der Waals surface area contributed by atoms with Crippen molar-refractivity contribution in [1.29, 1.82) is 0 Å². The van der Waals surface area contributed by atoms with E-state index in [4.69, 9.17) is 24.8 Å². The van der Waals surface area contributed by atoms with Crippen molar-refractivity contribution in [2.24, 2.45) is 22.7 Å². The zero-order valence-corrected chi connectivity index (χ0v) is 27.6. The highest BCUT2D eigenvalue weighted by Crippen LogP contribution is 2.27. The Hall–Kier alpha value is -4.39. The van der Waals surface area contributed by atoms with Crippen LogP contribution in [-0.2, 0) is 35.2 Å². The SMILES string of the molecule is CO[C@H]1/C=C\C=C(/C)C(=O)NC2=C/C(=N\OCc3ccc(F)cc3)C=C(C[C@@H](C)C[C@H](OC)[C@H](O)[C@@H](C)/C=C(\C)[C@@H]1OC(N)=O)C2=O. The lowest BCUT2D eigenvalue weighted by molar-refractivity contribution is -0.119. The first-order chi connectivity index (χ1) is 22.3. The molecule has 1 aromatic carbocycles. The number of ketones is 1. The van der Waals surface area contributed by atoms with Gasteiger partial charge in [-0.2, -0.15) is 0 Å². The summed E-state index contributed by atoms with van der Waals surface area (Å²) >= 11 is 0. The first-order valence-corrected chi connectivity index (χ1v) is 15.3. The van der Waals surface area contributed by atoms with Crippen LogP contribution in [0.25, 0.3) is 0 Å². The fraction of sp³-hybridized carbons (Fsp3) is 0.429. The van der Waals surface area contributed by atoms with E-state index >= 15 is 0 Å². The molecule has 2 amide bonds. The second-order valence-electron chi connectivity index (χ2n) is 11.8. The van der Waals surface area contributed by atoms with Gasteiger partial charge in [-0.1, -0.05) is 55.4 Å². The van der Waals surface area contributed by atoms with Gasteiger partial charge in [0, 0.05) is 31.3 Å². The molecule has 0 fully saturated rings. The van der Waals surface area contributed by atoms with E-state index < -0.39 is 42.3 Å². The number of rotatable bonds is 6. The predicted molar refractivity (Wildman–Crippen MR) is 174 cm³/mol. The number of hydrogen-bond acceptors (Lipinski definition) is 9. The molecular weight excluding hydrogens is 609 g/mol. The maximum Gasteiger partial charge on any atom is 0.405 e. The number of aliphatic hydroxyl groups excluding tert-OH is 1. The summed E-state index contributed by atoms with van der Waals surface area (Å²) in [6.45, 7) is 7.13. The molecule has 12 heteroatoms. The molecule has 0 spiro atoms. The van der Waals surface area contributed by atoms with Crippen molar-refractivity contribution in [3.8, 4) is 0 Å². The summed E-state index contributed by atoms with van der Waals surface area (Å²) < 4.78 is 29.9. The van der Waals surface area contributed by atoms with Gasteiger partial charge in [0.25, 0.3) is 5.91 Å². The largest absolute Gasteiger partial charge is 0.439 e. The predicted octanol–water partition coefficient (Wildman–Crippen LogP) is 4.58. The first kappa shape index (κ1) is 37.1. The molecular formula is C35H44FN3O8. The molecule has 2 aliphatic rings. The van der Waals surface area contributed by atoms with Crippen LogP contribution in [0, 0.1) is 17.7 Å². The number of allylic oxidation sites excluding steroid dienone is 5. The molecule has 1 aliphatic heterocycles. The number of carbonyl (C=O) groups is 3. The summed E-state index contributed by atoms with van der Waals surface area (Å²) in [6.07, 6.45) is 5.95. The summed E-state index contributed by atoms with van der Waals surface area (Å²) in [7, 11) is 2.94. The van der Waals surface area contributed by atoms with Gasteiger partial charge in [-0.05, 0) is 68.0 Å². The fourth-order valence-corrected chi connectivity index (χ4v) is 5.36. The summed E-state index contributed by atoms with van der Waals surface area (Å²) in [5.74, 6) is -1.85. The second-order valence-corrected chi connectivity index (χ2v) is 11.8. The molecule has 1 aliphatic carbocycles. The number of nitrogens with one attached hydrogen (secondary N) is 1. The second kappa shape index (κ2) is 17.5. The van der Waals surface area contributed by atoms with Crippen LogP contribution in [0.1, 0.15) is 46.1 Å². The number of benzene rings is 1. The third kappa shape index (κ3) is 10.8. The van der Waals surface area contributed by atoms with Crippen molar-refractivity contribution in [2.75, 3.05) is 14.2 Å². The molecule has 0 unspecified atom stereocenters. The number of carbonyl (C=O) groups excluding carboxylic acids is 3. The molecule has 6 atom stereocenters. The van der Waals surface area contributed by atoms with Gasteiger partial charge in [0.15, 0.2) is 6.10 Å². The Morgan fingerprint density at radius 3 is 2.45 bits per heavy atom. The third-order valence-corrected chi connectivity index (χ3v) is 7.93. The van der Waals surface area contributed by atoms with Crippen molar-refractivity contribution >= 4 is 23.5 Å². The maximum atomic E-state index is 13.6. The Balaban J connectivity index is 2.01. The smallest absolute Gasteiger partial charge is 0.405 e. The quantitative estimate of drug-likeness (QED) is 0.229. The number of primary amides is 1. The molecule has 4 N–H and O–H groups in total. The summed E-state index contributed by atoms with van der Waals surface area (Å²) in [6, 6.07) is 5.79. The number of methoxy groups -OCH3 is 2. The number of halogens is 1. The van der Waals surface area contributed by atoms with Crippen molar-refractivity contribution in [3.63, 3.8) is 0 Å². The maximum absolute atomic E-state index is 13.6. The topological polar surface area (TPSA) is 159 Å². The zero-order valence-electron chi connectivity index (χ0n) is 27.6. The zero-order chi connectivity index (χ0) is 34.7. The van der Waals surface area contributed by atoms with Crippen molar-refractivity contribution in [3.05, 3.63) is 94.5 Å². The van der Waals surface area contributed by atoms with E-state index in [0.717, 1.165) is 0 Å². The van der Waals surface area contributed by atoms with Crippen molar-refractivity contribution < 1.29 is 42.9 Å². The molecule has 0 saturated heterocycles. The van der Waals surface area contributed by atoms with Gasteiger partial charge in [0.2, 0.25) is 5.78 Å². The minimum atomic E-state index is -0.999. The highest BCUT2D eigenvalue weighted by molar-refractivity contribution is 6.23. The normalized spacial score (nSPS) is 30.2. The average molecular weight is 654 g/mol. The van der Waals surface area contributed by atoms with Crippen LogP contribution >= 0.6 is 0 Å². The van der Waals surface area contributed by atoms with Crippen LogP contribution in [0.4, 0.5) is 9.18 Å². The number of ether oxygens (including phenoxy) is 3. The van der Waals surface area contributed by atoms with Gasteiger partial charge >= 0.3 is 6.09 Å². The fourth-order valence-electron chi connectivity index (χ4n) is 5.36. The Kier molecular flexibility index (Phi) is 13.8. The molecule has 0 aromatic heterocycles. The monoisotopic (exact) mass is 653 g/mol. The Morgan fingerprint density at radius 2 is 1.81 bits per heavy atom. The molecule has 2 bridgehead atoms. The van der Waals surface area contributed by atoms with Crippen LogP contribution in [0.3, 0.4) is 0 Å². The van der Waals surface area contributed by atoms with Gasteiger partial charge in [0.1, 0.15) is 24.2 Å². The Labute approximate surface area is 274 Å². The van der Waals surface area contributed by atoms with E-state index in [1.807, 2.05) is 13.8 Å². The number of aliphatic hydroxyl groups is 1. The lowest BCUT2D eigenvalue weighted by Crippen LogP contribution is -2.37. The van der Waals surface area contributed by atoms with Gasteiger partial charge in [0.05, 0.1) is 17.9 Å². The number of Topliss-reactive ketones (excluding diaryl/α,β-unsaturated/α-hetero) is 1.